The molecule has 96 valence electrons. The predicted octanol–water partition coefficient (Wildman–Crippen LogP) is 5.00. The van der Waals surface area contributed by atoms with Gasteiger partial charge in [-0.1, -0.05) is 42.5 Å². The average Bonchev–Trinajstić information content (AvgIpc) is 2.42. The van der Waals surface area contributed by atoms with Crippen LogP contribution in [0.25, 0.3) is 11.1 Å². The van der Waals surface area contributed by atoms with Gasteiger partial charge in [0.15, 0.2) is 0 Å². The summed E-state index contributed by atoms with van der Waals surface area (Å²) in [5.74, 6) is 0. The zero-order valence-electron chi connectivity index (χ0n) is 10.9. The van der Waals surface area contributed by atoms with Crippen LogP contribution in [0.3, 0.4) is 0 Å². The highest BCUT2D eigenvalue weighted by atomic mass is 127. The normalized spacial score (nSPS) is 9.50. The Labute approximate surface area is 123 Å². The number of rotatable bonds is 3. The second kappa shape index (κ2) is 9.11. The van der Waals surface area contributed by atoms with Gasteiger partial charge in [0.05, 0.1) is 0 Å². The molecular weight excluding hydrogens is 335 g/mol. The van der Waals surface area contributed by atoms with E-state index in [2.05, 4.69) is 71.1 Å². The van der Waals surface area contributed by atoms with Gasteiger partial charge in [0.25, 0.3) is 0 Å². The lowest BCUT2D eigenvalue weighted by molar-refractivity contribution is 0.162. The Bertz CT molecular complexity index is 421. The highest BCUT2D eigenvalue weighted by Crippen LogP contribution is 2.19. The first-order chi connectivity index (χ1) is 8.77. The van der Waals surface area contributed by atoms with E-state index in [1.54, 1.807) is 0 Å². The molecule has 0 aliphatic heterocycles. The molecule has 2 heteroatoms. The molecule has 0 atom stereocenters. The Morgan fingerprint density at radius 2 is 1.28 bits per heavy atom. The summed E-state index contributed by atoms with van der Waals surface area (Å²) < 4.78 is 6.11. The van der Waals surface area contributed by atoms with E-state index in [1.165, 1.54) is 14.7 Å². The van der Waals surface area contributed by atoms with Gasteiger partial charge in [0.1, 0.15) is 0 Å². The second-order valence-corrected chi connectivity index (χ2v) is 4.90. The number of hydrogen-bond donors (Lipinski definition) is 0. The van der Waals surface area contributed by atoms with Gasteiger partial charge in [0, 0.05) is 16.8 Å². The molecule has 2 aromatic rings. The Kier molecular flexibility index (Phi) is 7.69. The summed E-state index contributed by atoms with van der Waals surface area (Å²) in [4.78, 5) is 0. The van der Waals surface area contributed by atoms with Crippen LogP contribution in [-0.2, 0) is 4.74 Å². The second-order valence-electron chi connectivity index (χ2n) is 3.65. The molecule has 0 radical (unpaired) electrons. The number of hydrogen-bond acceptors (Lipinski definition) is 1. The van der Waals surface area contributed by atoms with Crippen molar-refractivity contribution in [2.24, 2.45) is 0 Å². The van der Waals surface area contributed by atoms with Crippen molar-refractivity contribution >= 4 is 22.6 Å². The smallest absolute Gasteiger partial charge is 0.0437 e. The molecule has 2 rings (SSSR count). The zero-order chi connectivity index (χ0) is 13.2. The molecule has 0 heterocycles. The first kappa shape index (κ1) is 15.2. The summed E-state index contributed by atoms with van der Waals surface area (Å²) in [7, 11) is 0. The molecule has 18 heavy (non-hydrogen) atoms. The first-order valence-electron chi connectivity index (χ1n) is 6.16. The molecule has 0 saturated carbocycles. The van der Waals surface area contributed by atoms with Gasteiger partial charge in [-0.3, -0.25) is 0 Å². The van der Waals surface area contributed by atoms with Gasteiger partial charge in [-0.05, 0) is 59.7 Å². The van der Waals surface area contributed by atoms with Crippen LogP contribution in [-0.4, -0.2) is 13.2 Å². The molecule has 2 aromatic carbocycles. The van der Waals surface area contributed by atoms with E-state index >= 15 is 0 Å². The van der Waals surface area contributed by atoms with Crippen molar-refractivity contribution in [2.45, 2.75) is 13.8 Å². The Hall–Kier alpha value is -0.870. The van der Waals surface area contributed by atoms with Gasteiger partial charge >= 0.3 is 0 Å². The standard InChI is InChI=1S/C12H9I.C4H10O/c13-12-8-6-11(7-9-12)10-4-2-1-3-5-10;1-3-5-4-2/h1-9H;3-4H2,1-2H3. The summed E-state index contributed by atoms with van der Waals surface area (Å²) >= 11 is 2.32. The third-order valence-corrected chi connectivity index (χ3v) is 3.08. The minimum atomic E-state index is 0.844. The van der Waals surface area contributed by atoms with E-state index in [0.29, 0.717) is 0 Å². The number of benzene rings is 2. The molecule has 0 amide bonds. The minimum Gasteiger partial charge on any atom is -0.382 e. The molecule has 0 aliphatic carbocycles. The van der Waals surface area contributed by atoms with Crippen LogP contribution >= 0.6 is 22.6 Å². The van der Waals surface area contributed by atoms with E-state index in [9.17, 15) is 0 Å². The van der Waals surface area contributed by atoms with Crippen molar-refractivity contribution in [3.63, 3.8) is 0 Å². The van der Waals surface area contributed by atoms with E-state index in [1.807, 2.05) is 19.9 Å². The molecule has 0 bridgehead atoms. The van der Waals surface area contributed by atoms with Crippen molar-refractivity contribution in [3.05, 3.63) is 58.2 Å². The van der Waals surface area contributed by atoms with Gasteiger partial charge in [-0.15, -0.1) is 0 Å². The topological polar surface area (TPSA) is 9.23 Å². The van der Waals surface area contributed by atoms with Crippen molar-refractivity contribution in [1.29, 1.82) is 0 Å². The molecule has 1 nitrogen and oxygen atoms in total. The monoisotopic (exact) mass is 354 g/mol. The summed E-state index contributed by atoms with van der Waals surface area (Å²) in [6.07, 6.45) is 0. The summed E-state index contributed by atoms with van der Waals surface area (Å²) in [6, 6.07) is 19.0. The molecule has 0 aliphatic rings. The van der Waals surface area contributed by atoms with Crippen LogP contribution in [0, 0.1) is 3.57 Å². The summed E-state index contributed by atoms with van der Waals surface area (Å²) in [5, 5.41) is 0. The van der Waals surface area contributed by atoms with Gasteiger partial charge in [-0.25, -0.2) is 0 Å². The number of halogens is 1. The molecule has 0 spiro atoms. The van der Waals surface area contributed by atoms with Crippen LogP contribution in [0.15, 0.2) is 54.6 Å². The van der Waals surface area contributed by atoms with E-state index in [4.69, 9.17) is 4.74 Å². The Morgan fingerprint density at radius 3 is 1.72 bits per heavy atom. The first-order valence-corrected chi connectivity index (χ1v) is 7.24. The molecular formula is C16H19IO. The largest absolute Gasteiger partial charge is 0.382 e. The van der Waals surface area contributed by atoms with E-state index in [-0.39, 0.29) is 0 Å². The maximum absolute atomic E-state index is 4.83. The fourth-order valence-corrected chi connectivity index (χ4v) is 1.84. The number of ether oxygens (including phenoxy) is 1. The zero-order valence-corrected chi connectivity index (χ0v) is 13.1. The van der Waals surface area contributed by atoms with Crippen molar-refractivity contribution < 1.29 is 4.74 Å². The van der Waals surface area contributed by atoms with Crippen molar-refractivity contribution in [3.8, 4) is 11.1 Å². The third-order valence-electron chi connectivity index (χ3n) is 2.36. The van der Waals surface area contributed by atoms with Gasteiger partial charge in [0.2, 0.25) is 0 Å². The van der Waals surface area contributed by atoms with E-state index < -0.39 is 0 Å². The Balaban J connectivity index is 0.000000280. The highest BCUT2D eigenvalue weighted by molar-refractivity contribution is 14.1. The van der Waals surface area contributed by atoms with Crippen LogP contribution in [0.2, 0.25) is 0 Å². The molecule has 0 fully saturated rings. The van der Waals surface area contributed by atoms with Crippen LogP contribution in [0.5, 0.6) is 0 Å². The van der Waals surface area contributed by atoms with Crippen LogP contribution < -0.4 is 0 Å². The summed E-state index contributed by atoms with van der Waals surface area (Å²) in [5.41, 5.74) is 2.56. The minimum absolute atomic E-state index is 0.844. The maximum Gasteiger partial charge on any atom is 0.0437 e. The van der Waals surface area contributed by atoms with E-state index in [0.717, 1.165) is 13.2 Å². The maximum atomic E-state index is 4.83. The van der Waals surface area contributed by atoms with Crippen LogP contribution in [0.4, 0.5) is 0 Å². The predicted molar refractivity (Wildman–Crippen MR) is 86.8 cm³/mol. The van der Waals surface area contributed by atoms with Gasteiger partial charge < -0.3 is 4.74 Å². The Morgan fingerprint density at radius 1 is 0.778 bits per heavy atom. The molecule has 0 unspecified atom stereocenters. The molecule has 0 aromatic heterocycles. The lowest BCUT2D eigenvalue weighted by Crippen LogP contribution is -1.84. The third kappa shape index (κ3) is 5.65. The van der Waals surface area contributed by atoms with Crippen LogP contribution in [0.1, 0.15) is 13.8 Å². The SMILES string of the molecule is CCOCC.Ic1ccc(-c2ccccc2)cc1. The lowest BCUT2D eigenvalue weighted by Gasteiger charge is -2.00. The lowest BCUT2D eigenvalue weighted by atomic mass is 10.1. The highest BCUT2D eigenvalue weighted by Gasteiger charge is 1.94. The average molecular weight is 354 g/mol. The van der Waals surface area contributed by atoms with Crippen molar-refractivity contribution in [2.75, 3.05) is 13.2 Å². The van der Waals surface area contributed by atoms with Gasteiger partial charge in [-0.2, -0.15) is 0 Å². The quantitative estimate of drug-likeness (QED) is 0.705. The summed E-state index contributed by atoms with van der Waals surface area (Å²) in [6.45, 7) is 5.67. The fourth-order valence-electron chi connectivity index (χ4n) is 1.48. The molecule has 0 N–H and O–H groups in total. The molecule has 0 saturated heterocycles. The fraction of sp³-hybridized carbons (Fsp3) is 0.250. The van der Waals surface area contributed by atoms with Crippen molar-refractivity contribution in [1.82, 2.24) is 0 Å².